The lowest BCUT2D eigenvalue weighted by atomic mass is 9.94. The normalized spacial score (nSPS) is 30.8. The van der Waals surface area contributed by atoms with Crippen molar-refractivity contribution in [2.75, 3.05) is 17.7 Å². The van der Waals surface area contributed by atoms with E-state index in [4.69, 9.17) is 5.73 Å². The second-order valence-corrected chi connectivity index (χ2v) is 6.47. The monoisotopic (exact) mass is 294 g/mol. The number of nitrogens with two attached hydrogens (primary N) is 1. The van der Waals surface area contributed by atoms with Gasteiger partial charge in [-0.3, -0.25) is 0 Å². The maximum Gasteiger partial charge on any atom is 0.0600 e. The highest BCUT2D eigenvalue weighted by Crippen LogP contribution is 2.47. The average molecular weight is 295 g/mol. The fraction of sp³-hybridized carbons (Fsp3) is 0.571. The minimum Gasteiger partial charge on any atom is -0.397 e. The molecule has 2 fully saturated rings. The van der Waals surface area contributed by atoms with E-state index in [1.807, 2.05) is 6.07 Å². The highest BCUT2D eigenvalue weighted by molar-refractivity contribution is 9.10. The predicted molar refractivity (Wildman–Crippen MR) is 76.2 cm³/mol. The van der Waals surface area contributed by atoms with Crippen LogP contribution in [0.4, 0.5) is 11.4 Å². The summed E-state index contributed by atoms with van der Waals surface area (Å²) >= 11 is 3.46. The van der Waals surface area contributed by atoms with E-state index in [-0.39, 0.29) is 0 Å². The first-order chi connectivity index (χ1) is 8.15. The summed E-state index contributed by atoms with van der Waals surface area (Å²) in [7, 11) is 2.20. The van der Waals surface area contributed by atoms with Crippen molar-refractivity contribution in [2.24, 2.45) is 11.8 Å². The van der Waals surface area contributed by atoms with E-state index in [2.05, 4.69) is 40.0 Å². The zero-order valence-electron chi connectivity index (χ0n) is 10.2. The van der Waals surface area contributed by atoms with Gasteiger partial charge in [-0.05, 0) is 49.3 Å². The molecule has 3 rings (SSSR count). The SMILES string of the molecule is CN(c1ccc(Br)cc1N)C1CC2CCC1C2. The van der Waals surface area contributed by atoms with Crippen molar-refractivity contribution in [3.05, 3.63) is 22.7 Å². The topological polar surface area (TPSA) is 29.3 Å². The molecule has 3 unspecified atom stereocenters. The van der Waals surface area contributed by atoms with Gasteiger partial charge in [0, 0.05) is 17.6 Å². The Bertz CT molecular complexity index is 432. The van der Waals surface area contributed by atoms with Crippen LogP contribution in [0.2, 0.25) is 0 Å². The smallest absolute Gasteiger partial charge is 0.0600 e. The van der Waals surface area contributed by atoms with Crippen LogP contribution in [0.3, 0.4) is 0 Å². The van der Waals surface area contributed by atoms with Crippen LogP contribution in [-0.4, -0.2) is 13.1 Å². The maximum atomic E-state index is 6.12. The van der Waals surface area contributed by atoms with Gasteiger partial charge in [0.05, 0.1) is 11.4 Å². The van der Waals surface area contributed by atoms with Gasteiger partial charge in [-0.1, -0.05) is 22.4 Å². The molecule has 3 atom stereocenters. The summed E-state index contributed by atoms with van der Waals surface area (Å²) in [6.45, 7) is 0. The Morgan fingerprint density at radius 3 is 2.71 bits per heavy atom. The van der Waals surface area contributed by atoms with Gasteiger partial charge in [0.2, 0.25) is 0 Å². The van der Waals surface area contributed by atoms with Crippen LogP contribution in [-0.2, 0) is 0 Å². The molecule has 2 aliphatic rings. The van der Waals surface area contributed by atoms with Gasteiger partial charge in [-0.15, -0.1) is 0 Å². The van der Waals surface area contributed by atoms with Crippen molar-refractivity contribution >= 4 is 27.3 Å². The van der Waals surface area contributed by atoms with Gasteiger partial charge in [-0.25, -0.2) is 0 Å². The molecule has 2 saturated carbocycles. The Balaban J connectivity index is 1.84. The molecular formula is C14H19BrN2. The van der Waals surface area contributed by atoms with Crippen LogP contribution in [0.5, 0.6) is 0 Å². The van der Waals surface area contributed by atoms with E-state index in [1.165, 1.54) is 31.4 Å². The molecule has 0 heterocycles. The summed E-state index contributed by atoms with van der Waals surface area (Å²) in [4.78, 5) is 2.41. The Morgan fingerprint density at radius 1 is 1.29 bits per heavy atom. The first-order valence-corrected chi connectivity index (χ1v) is 7.22. The average Bonchev–Trinajstić information content (AvgIpc) is 2.89. The van der Waals surface area contributed by atoms with E-state index >= 15 is 0 Å². The molecular weight excluding hydrogens is 276 g/mol. The molecule has 2 nitrogen and oxygen atoms in total. The second-order valence-electron chi connectivity index (χ2n) is 5.56. The Morgan fingerprint density at radius 2 is 2.12 bits per heavy atom. The third-order valence-corrected chi connectivity index (χ3v) is 5.06. The minimum atomic E-state index is 0.706. The van der Waals surface area contributed by atoms with Crippen molar-refractivity contribution < 1.29 is 0 Å². The molecule has 0 aromatic heterocycles. The Labute approximate surface area is 111 Å². The molecule has 17 heavy (non-hydrogen) atoms. The van der Waals surface area contributed by atoms with Gasteiger partial charge in [-0.2, -0.15) is 0 Å². The first kappa shape index (κ1) is 11.4. The summed E-state index contributed by atoms with van der Waals surface area (Å²) in [5.74, 6) is 1.87. The molecule has 1 aromatic rings. The zero-order valence-corrected chi connectivity index (χ0v) is 11.8. The van der Waals surface area contributed by atoms with Crippen LogP contribution in [0, 0.1) is 11.8 Å². The number of nitrogen functional groups attached to an aromatic ring is 1. The molecule has 0 spiro atoms. The largest absolute Gasteiger partial charge is 0.397 e. The Hall–Kier alpha value is -0.700. The lowest BCUT2D eigenvalue weighted by Crippen LogP contribution is -2.36. The van der Waals surface area contributed by atoms with Gasteiger partial charge in [0.1, 0.15) is 0 Å². The quantitative estimate of drug-likeness (QED) is 0.844. The summed E-state index contributed by atoms with van der Waals surface area (Å²) < 4.78 is 1.06. The van der Waals surface area contributed by atoms with Crippen molar-refractivity contribution in [3.63, 3.8) is 0 Å². The highest BCUT2D eigenvalue weighted by Gasteiger charge is 2.41. The number of fused-ring (bicyclic) bond motifs is 2. The van der Waals surface area contributed by atoms with E-state index in [0.717, 1.165) is 22.0 Å². The number of nitrogens with zero attached hydrogens (tertiary/aromatic N) is 1. The maximum absolute atomic E-state index is 6.12. The van der Waals surface area contributed by atoms with Crippen LogP contribution >= 0.6 is 15.9 Å². The summed E-state index contributed by atoms with van der Waals surface area (Å²) in [6.07, 6.45) is 5.66. The number of anilines is 2. The number of hydrogen-bond donors (Lipinski definition) is 1. The molecule has 0 amide bonds. The Kier molecular flexibility index (Phi) is 2.81. The number of hydrogen-bond acceptors (Lipinski definition) is 2. The van der Waals surface area contributed by atoms with Gasteiger partial charge in [0.25, 0.3) is 0 Å². The number of halogens is 1. The third-order valence-electron chi connectivity index (χ3n) is 4.57. The molecule has 2 bridgehead atoms. The summed E-state index contributed by atoms with van der Waals surface area (Å²) in [6, 6.07) is 6.91. The van der Waals surface area contributed by atoms with Gasteiger partial charge in [0.15, 0.2) is 0 Å². The van der Waals surface area contributed by atoms with Crippen molar-refractivity contribution in [1.29, 1.82) is 0 Å². The molecule has 0 radical (unpaired) electrons. The molecule has 2 aliphatic carbocycles. The molecule has 2 N–H and O–H groups in total. The predicted octanol–water partition coefficient (Wildman–Crippen LogP) is 3.66. The fourth-order valence-corrected chi connectivity index (χ4v) is 4.09. The van der Waals surface area contributed by atoms with Crippen LogP contribution in [0.25, 0.3) is 0 Å². The molecule has 1 aromatic carbocycles. The highest BCUT2D eigenvalue weighted by atomic mass is 79.9. The molecule has 0 saturated heterocycles. The minimum absolute atomic E-state index is 0.706. The molecule has 3 heteroatoms. The lowest BCUT2D eigenvalue weighted by Gasteiger charge is -2.34. The van der Waals surface area contributed by atoms with Gasteiger partial charge >= 0.3 is 0 Å². The second kappa shape index (κ2) is 4.20. The fourth-order valence-electron chi connectivity index (χ4n) is 3.71. The van der Waals surface area contributed by atoms with Crippen LogP contribution in [0.15, 0.2) is 22.7 Å². The first-order valence-electron chi connectivity index (χ1n) is 6.43. The van der Waals surface area contributed by atoms with E-state index < -0.39 is 0 Å². The summed E-state index contributed by atoms with van der Waals surface area (Å²) in [5.41, 5.74) is 8.18. The zero-order chi connectivity index (χ0) is 12.0. The van der Waals surface area contributed by atoms with E-state index in [1.54, 1.807) is 0 Å². The van der Waals surface area contributed by atoms with Crippen molar-refractivity contribution in [2.45, 2.75) is 31.7 Å². The lowest BCUT2D eigenvalue weighted by molar-refractivity contribution is 0.405. The number of rotatable bonds is 2. The van der Waals surface area contributed by atoms with Gasteiger partial charge < -0.3 is 10.6 Å². The third kappa shape index (κ3) is 1.95. The van der Waals surface area contributed by atoms with E-state index in [9.17, 15) is 0 Å². The van der Waals surface area contributed by atoms with Crippen molar-refractivity contribution in [3.8, 4) is 0 Å². The van der Waals surface area contributed by atoms with Crippen LogP contribution < -0.4 is 10.6 Å². The number of benzene rings is 1. The van der Waals surface area contributed by atoms with Crippen LogP contribution in [0.1, 0.15) is 25.7 Å². The van der Waals surface area contributed by atoms with Crippen molar-refractivity contribution in [1.82, 2.24) is 0 Å². The molecule has 92 valence electrons. The standard InChI is InChI=1S/C14H19BrN2/c1-17(13-5-4-11(15)8-12(13)16)14-7-9-2-3-10(14)6-9/h4-5,8-10,14H,2-3,6-7,16H2,1H3. The summed E-state index contributed by atoms with van der Waals surface area (Å²) in [5, 5.41) is 0. The molecule has 0 aliphatic heterocycles. The van der Waals surface area contributed by atoms with E-state index in [0.29, 0.717) is 6.04 Å².